The van der Waals surface area contributed by atoms with Gasteiger partial charge in [0.2, 0.25) is 5.95 Å². The summed E-state index contributed by atoms with van der Waals surface area (Å²) in [7, 11) is 0. The Kier molecular flexibility index (Phi) is 6.22. The van der Waals surface area contributed by atoms with Crippen molar-refractivity contribution in [3.05, 3.63) is 65.0 Å². The van der Waals surface area contributed by atoms with Gasteiger partial charge < -0.3 is 10.7 Å². The van der Waals surface area contributed by atoms with E-state index in [-0.39, 0.29) is 23.0 Å². The van der Waals surface area contributed by atoms with E-state index in [0.717, 1.165) is 17.8 Å². The molecule has 0 bridgehead atoms. The first-order chi connectivity index (χ1) is 10.8. The second-order valence-corrected chi connectivity index (χ2v) is 5.24. The van der Waals surface area contributed by atoms with Crippen LogP contribution in [0.5, 0.6) is 0 Å². The Bertz CT molecular complexity index is 814. The number of aromatic nitrogens is 5. The van der Waals surface area contributed by atoms with Crippen LogP contribution in [0.3, 0.4) is 0 Å². The number of fused-ring (bicyclic) bond motifs is 1. The molecule has 1 radical (unpaired) electrons. The molecule has 0 aliphatic carbocycles. The molecule has 0 spiro atoms. The van der Waals surface area contributed by atoms with Gasteiger partial charge in [-0.05, 0) is 5.56 Å². The predicted octanol–water partition coefficient (Wildman–Crippen LogP) is 2.67. The average molecular weight is 365 g/mol. The van der Waals surface area contributed by atoms with Crippen molar-refractivity contribution in [2.75, 3.05) is 5.73 Å². The number of nitrogens with two attached hydrogens (primary N) is 1. The molecule has 3 N–H and O–H groups in total. The first-order valence-corrected chi connectivity index (χ1v) is 7.59. The quantitative estimate of drug-likeness (QED) is 0.533. The van der Waals surface area contributed by atoms with E-state index in [1.165, 1.54) is 5.56 Å². The molecule has 0 amide bonds. The zero-order valence-electron chi connectivity index (χ0n) is 12.1. The standard InChI is InChI=1S/C12H11N5.C3H3NS.Mn/c13-12-14-7-9-11(17-12)16-10(15-9)6-8-4-2-1-3-5-8;1-2-5-3-4-1;/h1-5,7H,6H2,(H3,13,14,15,16,17);1-3H;. The fraction of sp³-hybridized carbons (Fsp3) is 0.0667. The van der Waals surface area contributed by atoms with Crippen molar-refractivity contribution in [2.45, 2.75) is 6.42 Å². The summed E-state index contributed by atoms with van der Waals surface area (Å²) in [6.07, 6.45) is 4.17. The van der Waals surface area contributed by atoms with Gasteiger partial charge in [0.05, 0.1) is 11.7 Å². The SMILES string of the molecule is Nc1ncc2[nH]c(Cc3ccccc3)nc2n1.[Mn].c1cscn1. The van der Waals surface area contributed by atoms with Crippen LogP contribution in [-0.2, 0) is 23.5 Å². The molecule has 23 heavy (non-hydrogen) atoms. The summed E-state index contributed by atoms with van der Waals surface area (Å²) in [4.78, 5) is 19.3. The van der Waals surface area contributed by atoms with Gasteiger partial charge >= 0.3 is 0 Å². The number of nitrogens with one attached hydrogen (secondary N) is 1. The third-order valence-electron chi connectivity index (χ3n) is 2.87. The minimum atomic E-state index is 0. The fourth-order valence-electron chi connectivity index (χ4n) is 1.92. The molecular formula is C15H14MnN6S. The van der Waals surface area contributed by atoms with Gasteiger partial charge in [-0.2, -0.15) is 4.98 Å². The molecule has 8 heteroatoms. The van der Waals surface area contributed by atoms with Crippen molar-refractivity contribution < 1.29 is 17.1 Å². The molecule has 4 rings (SSSR count). The largest absolute Gasteiger partial charge is 0.368 e. The number of thiazole rings is 1. The van der Waals surface area contributed by atoms with Crippen LogP contribution in [0.15, 0.2) is 53.6 Å². The van der Waals surface area contributed by atoms with Gasteiger partial charge in [-0.15, -0.1) is 11.3 Å². The number of anilines is 1. The summed E-state index contributed by atoms with van der Waals surface area (Å²) in [6.45, 7) is 0. The van der Waals surface area contributed by atoms with Crippen molar-refractivity contribution in [3.8, 4) is 0 Å². The van der Waals surface area contributed by atoms with Gasteiger partial charge in [0, 0.05) is 35.1 Å². The summed E-state index contributed by atoms with van der Waals surface area (Å²) >= 11 is 1.60. The number of nitrogen functional groups attached to an aromatic ring is 1. The normalized spacial score (nSPS) is 9.74. The van der Waals surface area contributed by atoms with Crippen molar-refractivity contribution in [1.29, 1.82) is 0 Å². The Balaban J connectivity index is 0.000000276. The topological polar surface area (TPSA) is 93.4 Å². The van der Waals surface area contributed by atoms with Crippen LogP contribution in [0.2, 0.25) is 0 Å². The summed E-state index contributed by atoms with van der Waals surface area (Å²) in [5, 5.41) is 1.93. The van der Waals surface area contributed by atoms with Crippen LogP contribution in [0.25, 0.3) is 11.2 Å². The van der Waals surface area contributed by atoms with Gasteiger partial charge in [0.1, 0.15) is 11.3 Å². The second kappa shape index (κ2) is 8.38. The number of rotatable bonds is 2. The Hall–Kier alpha value is -2.28. The molecule has 0 unspecified atom stereocenters. The van der Waals surface area contributed by atoms with E-state index >= 15 is 0 Å². The Morgan fingerprint density at radius 2 is 1.96 bits per heavy atom. The maximum atomic E-state index is 5.51. The van der Waals surface area contributed by atoms with Crippen molar-refractivity contribution in [1.82, 2.24) is 24.9 Å². The molecule has 0 fully saturated rings. The van der Waals surface area contributed by atoms with Crippen LogP contribution in [0, 0.1) is 0 Å². The second-order valence-electron chi connectivity index (χ2n) is 4.49. The predicted molar refractivity (Wildman–Crippen MR) is 87.5 cm³/mol. The van der Waals surface area contributed by atoms with E-state index in [9.17, 15) is 0 Å². The summed E-state index contributed by atoms with van der Waals surface area (Å²) < 4.78 is 0. The number of nitrogens with zero attached hydrogens (tertiary/aromatic N) is 4. The summed E-state index contributed by atoms with van der Waals surface area (Å²) in [6, 6.07) is 10.1. The Labute approximate surface area is 147 Å². The summed E-state index contributed by atoms with van der Waals surface area (Å²) in [5.74, 6) is 1.11. The minimum absolute atomic E-state index is 0. The van der Waals surface area contributed by atoms with E-state index in [4.69, 9.17) is 5.73 Å². The molecule has 0 saturated carbocycles. The minimum Gasteiger partial charge on any atom is -0.368 e. The van der Waals surface area contributed by atoms with Crippen LogP contribution in [-0.4, -0.2) is 24.9 Å². The number of benzene rings is 1. The third kappa shape index (κ3) is 4.85. The molecule has 0 aliphatic heterocycles. The molecule has 6 nitrogen and oxygen atoms in total. The zero-order chi connectivity index (χ0) is 15.2. The molecule has 1 aromatic carbocycles. The van der Waals surface area contributed by atoms with E-state index in [0.29, 0.717) is 5.65 Å². The third-order valence-corrected chi connectivity index (χ3v) is 3.39. The van der Waals surface area contributed by atoms with Crippen molar-refractivity contribution in [2.24, 2.45) is 0 Å². The van der Waals surface area contributed by atoms with Gasteiger partial charge in [-0.1, -0.05) is 30.3 Å². The molecule has 117 valence electrons. The van der Waals surface area contributed by atoms with Gasteiger partial charge in [0.25, 0.3) is 0 Å². The molecule has 0 aliphatic rings. The number of hydrogen-bond donors (Lipinski definition) is 2. The van der Waals surface area contributed by atoms with Gasteiger partial charge in [0.15, 0.2) is 5.65 Å². The fourth-order valence-corrected chi connectivity index (χ4v) is 2.27. The van der Waals surface area contributed by atoms with Crippen LogP contribution < -0.4 is 5.73 Å². The zero-order valence-corrected chi connectivity index (χ0v) is 14.1. The van der Waals surface area contributed by atoms with E-state index in [2.05, 4.69) is 37.1 Å². The van der Waals surface area contributed by atoms with Crippen LogP contribution in [0.4, 0.5) is 5.95 Å². The molecule has 0 atom stereocenters. The number of H-pyrrole nitrogens is 1. The first-order valence-electron chi connectivity index (χ1n) is 6.64. The molecule has 3 heterocycles. The molecular weight excluding hydrogens is 351 g/mol. The smallest absolute Gasteiger partial charge is 0.222 e. The number of hydrogen-bond acceptors (Lipinski definition) is 6. The van der Waals surface area contributed by atoms with E-state index in [1.54, 1.807) is 29.2 Å². The van der Waals surface area contributed by atoms with E-state index in [1.807, 2.05) is 23.6 Å². The maximum absolute atomic E-state index is 5.51. The Morgan fingerprint density at radius 1 is 1.13 bits per heavy atom. The Morgan fingerprint density at radius 3 is 2.61 bits per heavy atom. The monoisotopic (exact) mass is 365 g/mol. The van der Waals surface area contributed by atoms with Crippen molar-refractivity contribution in [3.63, 3.8) is 0 Å². The number of imidazole rings is 1. The van der Waals surface area contributed by atoms with Gasteiger partial charge in [-0.25, -0.2) is 9.97 Å². The number of aromatic amines is 1. The summed E-state index contributed by atoms with van der Waals surface area (Å²) in [5.41, 5.74) is 9.93. The first kappa shape index (κ1) is 17.1. The van der Waals surface area contributed by atoms with E-state index < -0.39 is 0 Å². The van der Waals surface area contributed by atoms with Crippen LogP contribution in [0.1, 0.15) is 11.4 Å². The average Bonchev–Trinajstić information content (AvgIpc) is 3.20. The maximum Gasteiger partial charge on any atom is 0.222 e. The molecule has 3 aromatic heterocycles. The van der Waals surface area contributed by atoms with Crippen molar-refractivity contribution >= 4 is 28.4 Å². The van der Waals surface area contributed by atoms with Gasteiger partial charge in [-0.3, -0.25) is 4.98 Å². The molecule has 4 aromatic rings. The molecule has 0 saturated heterocycles. The van der Waals surface area contributed by atoms with Crippen LogP contribution >= 0.6 is 11.3 Å².